The molecule has 1 aromatic heterocycles. The zero-order valence-corrected chi connectivity index (χ0v) is 26.2. The summed E-state index contributed by atoms with van der Waals surface area (Å²) >= 11 is 7.72. The van der Waals surface area contributed by atoms with Gasteiger partial charge in [0.05, 0.1) is 12.4 Å². The van der Waals surface area contributed by atoms with Gasteiger partial charge in [-0.05, 0) is 55.4 Å². The highest BCUT2D eigenvalue weighted by Gasteiger charge is 2.30. The lowest BCUT2D eigenvalue weighted by Crippen LogP contribution is -2.46. The van der Waals surface area contributed by atoms with Crippen LogP contribution in [0.15, 0.2) is 84.9 Å². The van der Waals surface area contributed by atoms with Gasteiger partial charge in [-0.2, -0.15) is 0 Å². The number of thiazole rings is 1. The molecule has 4 aromatic rings. The van der Waals surface area contributed by atoms with Gasteiger partial charge < -0.3 is 10.0 Å². The Morgan fingerprint density at radius 1 is 0.977 bits per heavy atom. The number of aromatic nitrogens is 1. The number of hydrogen-bond acceptors (Lipinski definition) is 6. The second-order valence-electron chi connectivity index (χ2n) is 10.8. The fraction of sp³-hybridized carbons (Fsp3) is 0.312. The second-order valence-corrected chi connectivity index (χ2v) is 14.2. The van der Waals surface area contributed by atoms with Gasteiger partial charge >= 0.3 is 6.03 Å². The number of anilines is 2. The van der Waals surface area contributed by atoms with Crippen LogP contribution in [-0.2, 0) is 10.0 Å². The predicted molar refractivity (Wildman–Crippen MR) is 174 cm³/mol. The highest BCUT2D eigenvalue weighted by molar-refractivity contribution is 7.92. The number of amides is 2. The maximum absolute atomic E-state index is 13.8. The van der Waals surface area contributed by atoms with Crippen LogP contribution in [0.1, 0.15) is 49.1 Å². The first-order chi connectivity index (χ1) is 20.7. The molecule has 8 nitrogen and oxygen atoms in total. The van der Waals surface area contributed by atoms with Crippen LogP contribution in [-0.4, -0.2) is 54.4 Å². The van der Waals surface area contributed by atoms with Gasteiger partial charge in [0, 0.05) is 29.8 Å². The maximum Gasteiger partial charge on any atom is 0.323 e. The third-order valence-electron chi connectivity index (χ3n) is 7.69. The van der Waals surface area contributed by atoms with Gasteiger partial charge in [-0.1, -0.05) is 95.7 Å². The van der Waals surface area contributed by atoms with Crippen LogP contribution in [0.25, 0.3) is 11.3 Å². The van der Waals surface area contributed by atoms with Crippen molar-refractivity contribution in [2.24, 2.45) is 0 Å². The van der Waals surface area contributed by atoms with Gasteiger partial charge in [0.1, 0.15) is 10.0 Å². The molecular weight excluding hydrogens is 604 g/mol. The third-order valence-corrected chi connectivity index (χ3v) is 9.47. The number of rotatable bonds is 10. The van der Waals surface area contributed by atoms with Crippen molar-refractivity contribution in [1.29, 1.82) is 0 Å². The first-order valence-electron chi connectivity index (χ1n) is 14.3. The van der Waals surface area contributed by atoms with Crippen molar-refractivity contribution in [2.45, 2.75) is 50.2 Å². The SMILES string of the molecule is CS(=O)(=O)Nc1ccc(-c2nc(NC(=O)N(CCC(c3ccccc3)c3ccccc3)[C@H]3CC[C@H](O)CC3)sc2Cl)cc1. The number of urea groups is 1. The number of carbonyl (C=O) groups excluding carboxylic acids is 1. The first-order valence-corrected chi connectivity index (χ1v) is 17.3. The number of nitrogens with zero attached hydrogens (tertiary/aromatic N) is 2. The van der Waals surface area contributed by atoms with E-state index in [-0.39, 0.29) is 24.1 Å². The monoisotopic (exact) mass is 638 g/mol. The summed E-state index contributed by atoms with van der Waals surface area (Å²) < 4.78 is 25.9. The van der Waals surface area contributed by atoms with Crippen molar-refractivity contribution < 1.29 is 18.3 Å². The topological polar surface area (TPSA) is 112 Å². The molecule has 1 aliphatic carbocycles. The Labute approximate surface area is 261 Å². The van der Waals surface area contributed by atoms with Gasteiger partial charge in [0.15, 0.2) is 5.13 Å². The van der Waals surface area contributed by atoms with Crippen LogP contribution < -0.4 is 10.0 Å². The van der Waals surface area contributed by atoms with Crippen LogP contribution in [0.5, 0.6) is 0 Å². The summed E-state index contributed by atoms with van der Waals surface area (Å²) in [7, 11) is -3.39. The van der Waals surface area contributed by atoms with E-state index in [1.807, 2.05) is 41.3 Å². The highest BCUT2D eigenvalue weighted by atomic mass is 35.5. The predicted octanol–water partition coefficient (Wildman–Crippen LogP) is 7.19. The average Bonchev–Trinajstić information content (AvgIpc) is 3.36. The molecule has 0 bridgehead atoms. The molecule has 0 unspecified atom stereocenters. The smallest absolute Gasteiger partial charge is 0.323 e. The molecule has 1 heterocycles. The summed E-state index contributed by atoms with van der Waals surface area (Å²) in [5, 5.41) is 13.5. The molecule has 0 saturated heterocycles. The molecule has 43 heavy (non-hydrogen) atoms. The molecule has 1 fully saturated rings. The minimum atomic E-state index is -3.39. The van der Waals surface area contributed by atoms with E-state index in [1.54, 1.807) is 24.3 Å². The minimum Gasteiger partial charge on any atom is -0.393 e. The number of carbonyl (C=O) groups is 1. The van der Waals surface area contributed by atoms with Crippen molar-refractivity contribution in [1.82, 2.24) is 9.88 Å². The summed E-state index contributed by atoms with van der Waals surface area (Å²) in [5.74, 6) is 0.118. The molecule has 0 aliphatic heterocycles. The molecule has 2 amide bonds. The van der Waals surface area contributed by atoms with E-state index in [0.717, 1.165) is 25.5 Å². The maximum atomic E-state index is 13.8. The third kappa shape index (κ3) is 8.35. The number of sulfonamides is 1. The van der Waals surface area contributed by atoms with Gasteiger partial charge in [0.25, 0.3) is 0 Å². The van der Waals surface area contributed by atoms with E-state index >= 15 is 0 Å². The average molecular weight is 639 g/mol. The van der Waals surface area contributed by atoms with Crippen LogP contribution in [0, 0.1) is 0 Å². The summed E-state index contributed by atoms with van der Waals surface area (Å²) in [6, 6.07) is 27.2. The minimum absolute atomic E-state index is 0.000361. The lowest BCUT2D eigenvalue weighted by atomic mass is 9.87. The Morgan fingerprint density at radius 3 is 2.12 bits per heavy atom. The Morgan fingerprint density at radius 2 is 1.56 bits per heavy atom. The van der Waals surface area contributed by atoms with Crippen molar-refractivity contribution in [2.75, 3.05) is 22.8 Å². The number of aliphatic hydroxyl groups is 1. The number of halogens is 1. The van der Waals surface area contributed by atoms with Crippen LogP contribution >= 0.6 is 22.9 Å². The molecule has 1 saturated carbocycles. The van der Waals surface area contributed by atoms with Crippen molar-refractivity contribution >= 4 is 49.8 Å². The largest absolute Gasteiger partial charge is 0.393 e. The van der Waals surface area contributed by atoms with Gasteiger partial charge in [-0.3, -0.25) is 10.0 Å². The highest BCUT2D eigenvalue weighted by Crippen LogP contribution is 2.36. The normalized spacial score (nSPS) is 17.0. The van der Waals surface area contributed by atoms with Gasteiger partial charge in [-0.15, -0.1) is 0 Å². The van der Waals surface area contributed by atoms with E-state index < -0.39 is 10.0 Å². The fourth-order valence-electron chi connectivity index (χ4n) is 5.59. The molecule has 3 N–H and O–H groups in total. The van der Waals surface area contributed by atoms with Crippen molar-refractivity contribution in [3.05, 3.63) is 100 Å². The zero-order valence-electron chi connectivity index (χ0n) is 23.8. The molecule has 3 aromatic carbocycles. The Bertz CT molecular complexity index is 1570. The number of hydrogen-bond donors (Lipinski definition) is 3. The number of aliphatic hydroxyl groups excluding tert-OH is 1. The van der Waals surface area contributed by atoms with Crippen molar-refractivity contribution in [3.8, 4) is 11.3 Å². The molecular formula is C32H35ClN4O4S2. The van der Waals surface area contributed by atoms with Crippen LogP contribution in [0.3, 0.4) is 0 Å². The van der Waals surface area contributed by atoms with E-state index in [4.69, 9.17) is 11.6 Å². The number of benzene rings is 3. The van der Waals surface area contributed by atoms with E-state index in [9.17, 15) is 18.3 Å². The Hall–Kier alpha value is -3.44. The lowest BCUT2D eigenvalue weighted by molar-refractivity contribution is 0.0864. The molecule has 226 valence electrons. The Balaban J connectivity index is 1.34. The molecule has 0 spiro atoms. The van der Waals surface area contributed by atoms with Crippen LogP contribution in [0.4, 0.5) is 15.6 Å². The fourth-order valence-corrected chi connectivity index (χ4v) is 7.23. The zero-order chi connectivity index (χ0) is 30.4. The van der Waals surface area contributed by atoms with E-state index in [1.165, 1.54) is 22.5 Å². The van der Waals surface area contributed by atoms with Crippen LogP contribution in [0.2, 0.25) is 4.34 Å². The first kappa shape index (κ1) is 31.0. The molecule has 0 radical (unpaired) electrons. The second kappa shape index (κ2) is 13.9. The van der Waals surface area contributed by atoms with Crippen molar-refractivity contribution in [3.63, 3.8) is 0 Å². The summed E-state index contributed by atoms with van der Waals surface area (Å²) in [6.07, 6.45) is 4.27. The molecule has 5 rings (SSSR count). The summed E-state index contributed by atoms with van der Waals surface area (Å²) in [4.78, 5) is 20.3. The van der Waals surface area contributed by atoms with E-state index in [0.29, 0.717) is 45.8 Å². The molecule has 1 aliphatic rings. The van der Waals surface area contributed by atoms with E-state index in [2.05, 4.69) is 39.3 Å². The number of nitrogens with one attached hydrogen (secondary N) is 2. The lowest BCUT2D eigenvalue weighted by Gasteiger charge is -2.36. The Kier molecular flexibility index (Phi) is 10.0. The van der Waals surface area contributed by atoms with Gasteiger partial charge in [0.2, 0.25) is 10.0 Å². The standard InChI is InChI=1S/C32H35ClN4O4S2/c1-43(40,41)36-25-14-12-24(13-15-25)29-30(33)42-31(34-29)35-32(39)37(26-16-18-27(38)19-17-26)21-20-28(22-8-4-2-5-9-22)23-10-6-3-7-11-23/h2-15,26-28,36,38H,16-21H2,1H3,(H,34,35,39)/t26-,27-. The summed E-state index contributed by atoms with van der Waals surface area (Å²) in [6.45, 7) is 0.530. The molecule has 11 heteroatoms. The summed E-state index contributed by atoms with van der Waals surface area (Å²) in [5.41, 5.74) is 4.04. The van der Waals surface area contributed by atoms with Gasteiger partial charge in [-0.25, -0.2) is 18.2 Å². The quantitative estimate of drug-likeness (QED) is 0.170. The molecule has 0 atom stereocenters.